The van der Waals surface area contributed by atoms with Crippen LogP contribution in [0.25, 0.3) is 0 Å². The average Bonchev–Trinajstić information content (AvgIpc) is 2.56. The van der Waals surface area contributed by atoms with E-state index in [0.717, 1.165) is 6.54 Å². The second-order valence-corrected chi connectivity index (χ2v) is 6.20. The summed E-state index contributed by atoms with van der Waals surface area (Å²) in [7, 11) is 0. The van der Waals surface area contributed by atoms with Gasteiger partial charge in [0.1, 0.15) is 0 Å². The molecule has 0 saturated carbocycles. The van der Waals surface area contributed by atoms with Crippen molar-refractivity contribution in [1.29, 1.82) is 0 Å². The molecule has 3 nitrogen and oxygen atoms in total. The summed E-state index contributed by atoms with van der Waals surface area (Å²) >= 11 is 0. The van der Waals surface area contributed by atoms with Crippen LogP contribution in [0, 0.1) is 5.92 Å². The zero-order chi connectivity index (χ0) is 16.0. The highest BCUT2D eigenvalue weighted by Crippen LogP contribution is 2.11. The Morgan fingerprint density at radius 2 is 1.45 bits per heavy atom. The molecule has 0 saturated heterocycles. The molecule has 1 aromatic rings. The largest absolute Gasteiger partial charge is 0.396 e. The third-order valence-electron chi connectivity index (χ3n) is 4.12. The quantitative estimate of drug-likeness (QED) is 0.490. The van der Waals surface area contributed by atoms with Crippen molar-refractivity contribution in [3.05, 3.63) is 35.4 Å². The molecule has 0 amide bonds. The van der Waals surface area contributed by atoms with E-state index in [1.54, 1.807) is 0 Å². The van der Waals surface area contributed by atoms with Gasteiger partial charge in [-0.15, -0.1) is 0 Å². The van der Waals surface area contributed by atoms with Crippen LogP contribution in [-0.2, 0) is 13.0 Å². The first-order valence-electron chi connectivity index (χ1n) is 8.80. The lowest BCUT2D eigenvalue weighted by Crippen LogP contribution is -2.27. The molecule has 0 heterocycles. The minimum atomic E-state index is -0.0630. The summed E-state index contributed by atoms with van der Waals surface area (Å²) in [6.07, 6.45) is 9.23. The van der Waals surface area contributed by atoms with E-state index >= 15 is 0 Å². The Morgan fingerprint density at radius 1 is 0.864 bits per heavy atom. The van der Waals surface area contributed by atoms with E-state index in [1.807, 2.05) is 0 Å². The average molecular weight is 307 g/mol. The van der Waals surface area contributed by atoms with Crippen molar-refractivity contribution in [2.24, 2.45) is 5.92 Å². The molecule has 0 aromatic heterocycles. The summed E-state index contributed by atoms with van der Waals surface area (Å²) in [6, 6.07) is 8.79. The van der Waals surface area contributed by atoms with Gasteiger partial charge in [-0.1, -0.05) is 63.3 Å². The smallest absolute Gasteiger partial charge is 0.0493 e. The fourth-order valence-electron chi connectivity index (χ4n) is 2.54. The molecule has 0 aliphatic heterocycles. The van der Waals surface area contributed by atoms with Gasteiger partial charge in [-0.2, -0.15) is 0 Å². The summed E-state index contributed by atoms with van der Waals surface area (Å²) in [6.45, 7) is 3.74. The monoisotopic (exact) mass is 307 g/mol. The van der Waals surface area contributed by atoms with Crippen molar-refractivity contribution < 1.29 is 10.2 Å². The van der Waals surface area contributed by atoms with Gasteiger partial charge < -0.3 is 15.5 Å². The first-order chi connectivity index (χ1) is 10.8. The van der Waals surface area contributed by atoms with E-state index in [9.17, 15) is 0 Å². The lowest BCUT2D eigenvalue weighted by Gasteiger charge is -2.12. The van der Waals surface area contributed by atoms with E-state index in [1.165, 1.54) is 56.1 Å². The number of aliphatic hydroxyl groups is 2. The fraction of sp³-hybridized carbons (Fsp3) is 0.684. The molecule has 22 heavy (non-hydrogen) atoms. The molecule has 0 radical (unpaired) electrons. The van der Waals surface area contributed by atoms with Crippen LogP contribution in [0.2, 0.25) is 0 Å². The number of aliphatic hydroxyl groups excluding tert-OH is 2. The summed E-state index contributed by atoms with van der Waals surface area (Å²) in [4.78, 5) is 0. The highest BCUT2D eigenvalue weighted by molar-refractivity contribution is 5.22. The van der Waals surface area contributed by atoms with Gasteiger partial charge in [0.05, 0.1) is 0 Å². The molecule has 0 fully saturated rings. The molecule has 0 aliphatic carbocycles. The molecule has 3 N–H and O–H groups in total. The summed E-state index contributed by atoms with van der Waals surface area (Å²) in [5.74, 6) is -0.0630. The number of unbranched alkanes of at least 4 members (excludes halogenated alkanes) is 5. The second kappa shape index (κ2) is 12.6. The zero-order valence-corrected chi connectivity index (χ0v) is 14.1. The van der Waals surface area contributed by atoms with Gasteiger partial charge in [-0.05, 0) is 24.0 Å². The SMILES string of the molecule is CCCCCCCCc1ccc(CNCC(CO)CO)cc1. The van der Waals surface area contributed by atoms with E-state index in [4.69, 9.17) is 10.2 Å². The van der Waals surface area contributed by atoms with Gasteiger partial charge in [-0.25, -0.2) is 0 Å². The number of nitrogens with one attached hydrogen (secondary N) is 1. The molecule has 126 valence electrons. The third kappa shape index (κ3) is 8.52. The Morgan fingerprint density at radius 3 is 2.09 bits per heavy atom. The second-order valence-electron chi connectivity index (χ2n) is 6.20. The molecular weight excluding hydrogens is 274 g/mol. The van der Waals surface area contributed by atoms with Crippen LogP contribution in [-0.4, -0.2) is 30.0 Å². The molecule has 0 bridgehead atoms. The number of rotatable bonds is 13. The molecule has 0 spiro atoms. The Hall–Kier alpha value is -0.900. The molecule has 0 unspecified atom stereocenters. The predicted molar refractivity (Wildman–Crippen MR) is 92.9 cm³/mol. The number of hydrogen-bond acceptors (Lipinski definition) is 3. The van der Waals surface area contributed by atoms with Crippen LogP contribution in [0.1, 0.15) is 56.6 Å². The predicted octanol–water partition coefficient (Wildman–Crippen LogP) is 3.28. The van der Waals surface area contributed by atoms with Gasteiger partial charge in [0.15, 0.2) is 0 Å². The zero-order valence-electron chi connectivity index (χ0n) is 14.1. The maximum absolute atomic E-state index is 9.01. The van der Waals surface area contributed by atoms with Gasteiger partial charge in [0, 0.05) is 32.2 Å². The molecular formula is C19H33NO2. The van der Waals surface area contributed by atoms with Crippen LogP contribution < -0.4 is 5.32 Å². The number of hydrogen-bond donors (Lipinski definition) is 3. The minimum absolute atomic E-state index is 0.0285. The van der Waals surface area contributed by atoms with Gasteiger partial charge in [0.2, 0.25) is 0 Å². The van der Waals surface area contributed by atoms with Crippen molar-refractivity contribution >= 4 is 0 Å². The first kappa shape index (κ1) is 19.1. The van der Waals surface area contributed by atoms with Crippen molar-refractivity contribution in [2.75, 3.05) is 19.8 Å². The van der Waals surface area contributed by atoms with Gasteiger partial charge in [-0.3, -0.25) is 0 Å². The summed E-state index contributed by atoms with van der Waals surface area (Å²) in [5.41, 5.74) is 2.67. The fourth-order valence-corrected chi connectivity index (χ4v) is 2.54. The molecule has 1 rings (SSSR count). The van der Waals surface area contributed by atoms with Crippen LogP contribution in [0.5, 0.6) is 0 Å². The molecule has 1 aromatic carbocycles. The van der Waals surface area contributed by atoms with Crippen molar-refractivity contribution in [2.45, 2.75) is 58.4 Å². The highest BCUT2D eigenvalue weighted by Gasteiger charge is 2.04. The van der Waals surface area contributed by atoms with Crippen molar-refractivity contribution in [1.82, 2.24) is 5.32 Å². The van der Waals surface area contributed by atoms with Gasteiger partial charge >= 0.3 is 0 Å². The van der Waals surface area contributed by atoms with Crippen LogP contribution in [0.15, 0.2) is 24.3 Å². The van der Waals surface area contributed by atoms with Crippen molar-refractivity contribution in [3.63, 3.8) is 0 Å². The number of benzene rings is 1. The minimum Gasteiger partial charge on any atom is -0.396 e. The Kier molecular flexibility index (Phi) is 11.0. The van der Waals surface area contributed by atoms with Crippen LogP contribution in [0.4, 0.5) is 0 Å². The van der Waals surface area contributed by atoms with Crippen molar-refractivity contribution in [3.8, 4) is 0 Å². The highest BCUT2D eigenvalue weighted by atomic mass is 16.3. The topological polar surface area (TPSA) is 52.5 Å². The van der Waals surface area contributed by atoms with Crippen LogP contribution in [0.3, 0.4) is 0 Å². The summed E-state index contributed by atoms with van der Waals surface area (Å²) < 4.78 is 0. The third-order valence-corrected chi connectivity index (χ3v) is 4.12. The maximum atomic E-state index is 9.01. The lowest BCUT2D eigenvalue weighted by molar-refractivity contribution is 0.148. The lowest BCUT2D eigenvalue weighted by atomic mass is 10.0. The molecule has 0 aliphatic rings. The summed E-state index contributed by atoms with van der Waals surface area (Å²) in [5, 5.41) is 21.3. The molecule has 3 heteroatoms. The van der Waals surface area contributed by atoms with E-state index in [2.05, 4.69) is 36.5 Å². The van der Waals surface area contributed by atoms with E-state index < -0.39 is 0 Å². The first-order valence-corrected chi connectivity index (χ1v) is 8.80. The molecule has 0 atom stereocenters. The normalized spacial score (nSPS) is 11.3. The van der Waals surface area contributed by atoms with E-state index in [-0.39, 0.29) is 19.1 Å². The standard InChI is InChI=1S/C19H33NO2/c1-2-3-4-5-6-7-8-17-9-11-18(12-10-17)13-20-14-19(15-21)16-22/h9-12,19-22H,2-8,13-16H2,1H3. The Balaban J connectivity index is 2.17. The van der Waals surface area contributed by atoms with Gasteiger partial charge in [0.25, 0.3) is 0 Å². The van der Waals surface area contributed by atoms with E-state index in [0.29, 0.717) is 6.54 Å². The maximum Gasteiger partial charge on any atom is 0.0493 e. The van der Waals surface area contributed by atoms with Crippen LogP contribution >= 0.6 is 0 Å². The number of aryl methyl sites for hydroxylation is 1. The Labute approximate surface area is 135 Å². The Bertz CT molecular complexity index is 360.